The third-order valence-electron chi connectivity index (χ3n) is 7.05. The second-order valence-corrected chi connectivity index (χ2v) is 9.22. The van der Waals surface area contributed by atoms with Crippen LogP contribution in [0, 0.1) is 0 Å². The van der Waals surface area contributed by atoms with E-state index in [-0.39, 0.29) is 0 Å². The molecule has 6 aromatic rings. The molecular weight excluding hydrogens is 464 g/mol. The van der Waals surface area contributed by atoms with Crippen molar-refractivity contribution in [2.24, 2.45) is 0 Å². The number of methoxy groups -OCH3 is 2. The fourth-order valence-electron chi connectivity index (χ4n) is 5.42. The van der Waals surface area contributed by atoms with E-state index in [0.29, 0.717) is 0 Å². The summed E-state index contributed by atoms with van der Waals surface area (Å²) in [6, 6.07) is 46.7. The van der Waals surface area contributed by atoms with Gasteiger partial charge in [0.1, 0.15) is 11.5 Å². The second kappa shape index (κ2) is 10.3. The van der Waals surface area contributed by atoms with E-state index in [9.17, 15) is 0 Å². The van der Waals surface area contributed by atoms with Crippen molar-refractivity contribution in [2.75, 3.05) is 14.2 Å². The van der Waals surface area contributed by atoms with Gasteiger partial charge < -0.3 is 9.47 Å². The summed E-state index contributed by atoms with van der Waals surface area (Å²) in [6.45, 7) is 0. The number of hydrogen-bond acceptors (Lipinski definition) is 2. The predicted octanol–water partition coefficient (Wildman–Crippen LogP) is 9.52. The predicted molar refractivity (Wildman–Crippen MR) is 159 cm³/mol. The fraction of sp³-hybridized carbons (Fsp3) is 0.0556. The Morgan fingerprint density at radius 3 is 1.21 bits per heavy atom. The summed E-state index contributed by atoms with van der Waals surface area (Å²) in [6.07, 6.45) is 0. The van der Waals surface area contributed by atoms with Gasteiger partial charge in [-0.25, -0.2) is 0 Å². The monoisotopic (exact) mass is 492 g/mol. The summed E-state index contributed by atoms with van der Waals surface area (Å²) in [4.78, 5) is 0. The Morgan fingerprint density at radius 2 is 0.789 bits per heavy atom. The normalized spacial score (nSPS) is 10.9. The highest BCUT2D eigenvalue weighted by Crippen LogP contribution is 2.53. The van der Waals surface area contributed by atoms with Gasteiger partial charge in [0.25, 0.3) is 0 Å². The van der Waals surface area contributed by atoms with E-state index < -0.39 is 0 Å². The molecule has 0 aliphatic rings. The highest BCUT2D eigenvalue weighted by Gasteiger charge is 2.26. The van der Waals surface area contributed by atoms with Crippen molar-refractivity contribution in [3.8, 4) is 56.0 Å². The van der Waals surface area contributed by atoms with E-state index in [0.717, 1.165) is 55.7 Å². The molecular formula is C36H28O2. The van der Waals surface area contributed by atoms with Crippen LogP contribution < -0.4 is 9.47 Å². The molecule has 0 aliphatic heterocycles. The van der Waals surface area contributed by atoms with Crippen molar-refractivity contribution in [1.29, 1.82) is 0 Å². The van der Waals surface area contributed by atoms with Gasteiger partial charge in [-0.2, -0.15) is 0 Å². The summed E-state index contributed by atoms with van der Waals surface area (Å²) in [5.41, 5.74) is 9.25. The molecule has 6 rings (SSSR count). The molecule has 0 unspecified atom stereocenters. The SMILES string of the molecule is COc1cc(OC)c2c(-c3ccccc3)c(-c3ccccc3)c(-c3ccccc3)c(-c3ccccc3)c2c1. The third kappa shape index (κ3) is 4.10. The van der Waals surface area contributed by atoms with Gasteiger partial charge in [-0.05, 0) is 50.4 Å². The summed E-state index contributed by atoms with van der Waals surface area (Å²) >= 11 is 0. The zero-order valence-corrected chi connectivity index (χ0v) is 21.5. The van der Waals surface area contributed by atoms with Gasteiger partial charge in [-0.3, -0.25) is 0 Å². The molecule has 38 heavy (non-hydrogen) atoms. The largest absolute Gasteiger partial charge is 0.497 e. The average molecular weight is 493 g/mol. The van der Waals surface area contributed by atoms with E-state index in [1.165, 1.54) is 11.1 Å². The lowest BCUT2D eigenvalue weighted by Crippen LogP contribution is -1.99. The van der Waals surface area contributed by atoms with Crippen molar-refractivity contribution in [1.82, 2.24) is 0 Å². The van der Waals surface area contributed by atoms with Gasteiger partial charge in [0, 0.05) is 17.0 Å². The molecule has 0 aliphatic carbocycles. The average Bonchev–Trinajstić information content (AvgIpc) is 3.01. The lowest BCUT2D eigenvalue weighted by Gasteiger charge is -2.25. The highest BCUT2D eigenvalue weighted by molar-refractivity contribution is 6.20. The molecule has 0 atom stereocenters. The van der Waals surface area contributed by atoms with E-state index in [4.69, 9.17) is 9.47 Å². The first-order valence-corrected chi connectivity index (χ1v) is 12.8. The van der Waals surface area contributed by atoms with Crippen molar-refractivity contribution in [2.45, 2.75) is 0 Å². The third-order valence-corrected chi connectivity index (χ3v) is 7.05. The molecule has 0 heterocycles. The van der Waals surface area contributed by atoms with E-state index >= 15 is 0 Å². The summed E-state index contributed by atoms with van der Waals surface area (Å²) < 4.78 is 11.9. The lowest BCUT2D eigenvalue weighted by molar-refractivity contribution is 0.398. The molecule has 0 N–H and O–H groups in total. The number of benzene rings is 6. The first-order chi connectivity index (χ1) is 18.8. The van der Waals surface area contributed by atoms with Crippen LogP contribution in [0.1, 0.15) is 0 Å². The van der Waals surface area contributed by atoms with Crippen LogP contribution in [0.5, 0.6) is 11.5 Å². The van der Waals surface area contributed by atoms with Crippen LogP contribution in [0.4, 0.5) is 0 Å². The zero-order chi connectivity index (χ0) is 25.9. The Labute approximate surface area is 223 Å². The molecule has 0 spiro atoms. The Hall–Kier alpha value is -4.82. The number of fused-ring (bicyclic) bond motifs is 1. The van der Waals surface area contributed by atoms with E-state index in [1.54, 1.807) is 14.2 Å². The maximum atomic E-state index is 6.08. The van der Waals surface area contributed by atoms with Crippen LogP contribution in [0.2, 0.25) is 0 Å². The van der Waals surface area contributed by atoms with Crippen LogP contribution in [0.25, 0.3) is 55.3 Å². The van der Waals surface area contributed by atoms with Crippen LogP contribution in [-0.2, 0) is 0 Å². The first-order valence-electron chi connectivity index (χ1n) is 12.8. The Kier molecular flexibility index (Phi) is 6.37. The molecule has 184 valence electrons. The molecule has 0 fully saturated rings. The molecule has 0 bridgehead atoms. The van der Waals surface area contributed by atoms with Crippen molar-refractivity contribution >= 4 is 10.8 Å². The van der Waals surface area contributed by atoms with Crippen LogP contribution >= 0.6 is 0 Å². The quantitative estimate of drug-likeness (QED) is 0.230. The molecule has 0 aromatic heterocycles. The Morgan fingerprint density at radius 1 is 0.395 bits per heavy atom. The van der Waals surface area contributed by atoms with Gasteiger partial charge in [0.15, 0.2) is 0 Å². The Balaban J connectivity index is 1.95. The first kappa shape index (κ1) is 23.6. The summed E-state index contributed by atoms with van der Waals surface area (Å²) in [5, 5.41) is 2.15. The molecule has 6 aromatic carbocycles. The Bertz CT molecular complexity index is 1690. The topological polar surface area (TPSA) is 18.5 Å². The summed E-state index contributed by atoms with van der Waals surface area (Å²) in [7, 11) is 3.44. The molecule has 0 radical (unpaired) electrons. The highest BCUT2D eigenvalue weighted by atomic mass is 16.5. The molecule has 2 heteroatoms. The maximum Gasteiger partial charge on any atom is 0.131 e. The number of hydrogen-bond donors (Lipinski definition) is 0. The zero-order valence-electron chi connectivity index (χ0n) is 21.5. The van der Waals surface area contributed by atoms with Crippen molar-refractivity contribution < 1.29 is 9.47 Å². The van der Waals surface area contributed by atoms with Gasteiger partial charge in [0.05, 0.1) is 14.2 Å². The van der Waals surface area contributed by atoms with Gasteiger partial charge >= 0.3 is 0 Å². The minimum absolute atomic E-state index is 0.761. The molecule has 0 amide bonds. The summed E-state index contributed by atoms with van der Waals surface area (Å²) in [5.74, 6) is 1.55. The molecule has 0 saturated carbocycles. The van der Waals surface area contributed by atoms with Gasteiger partial charge in [-0.15, -0.1) is 0 Å². The van der Waals surface area contributed by atoms with Crippen molar-refractivity contribution in [3.63, 3.8) is 0 Å². The standard InChI is InChI=1S/C36H28O2/c1-37-29-23-30-32(25-15-7-3-8-16-25)33(26-17-9-4-10-18-26)34(27-19-11-5-12-20-27)35(28-21-13-6-14-22-28)36(30)31(24-29)38-2/h3-24H,1-2H3. The molecule has 2 nitrogen and oxygen atoms in total. The van der Waals surface area contributed by atoms with E-state index in [1.807, 2.05) is 6.07 Å². The number of rotatable bonds is 6. The minimum Gasteiger partial charge on any atom is -0.497 e. The molecule has 0 saturated heterocycles. The minimum atomic E-state index is 0.761. The van der Waals surface area contributed by atoms with Crippen LogP contribution in [-0.4, -0.2) is 14.2 Å². The smallest absolute Gasteiger partial charge is 0.131 e. The van der Waals surface area contributed by atoms with Crippen LogP contribution in [0.3, 0.4) is 0 Å². The van der Waals surface area contributed by atoms with Gasteiger partial charge in [0.2, 0.25) is 0 Å². The van der Waals surface area contributed by atoms with Crippen LogP contribution in [0.15, 0.2) is 133 Å². The van der Waals surface area contributed by atoms with Crippen molar-refractivity contribution in [3.05, 3.63) is 133 Å². The second-order valence-electron chi connectivity index (χ2n) is 9.22. The van der Waals surface area contributed by atoms with Gasteiger partial charge in [-0.1, -0.05) is 121 Å². The maximum absolute atomic E-state index is 6.08. The van der Waals surface area contributed by atoms with E-state index in [2.05, 4.69) is 127 Å². The lowest BCUT2D eigenvalue weighted by atomic mass is 9.78. The fourth-order valence-corrected chi connectivity index (χ4v) is 5.42. The number of ether oxygens (including phenoxy) is 2.